The van der Waals surface area contributed by atoms with Gasteiger partial charge in [-0.05, 0) is 52.5 Å². The maximum atomic E-state index is 11.1. The largest absolute Gasteiger partial charge is 0.298 e. The van der Waals surface area contributed by atoms with E-state index in [4.69, 9.17) is 11.6 Å². The lowest BCUT2D eigenvalue weighted by molar-refractivity contribution is 0.112. The quantitative estimate of drug-likeness (QED) is 0.691. The third-order valence-electron chi connectivity index (χ3n) is 2.75. The van der Waals surface area contributed by atoms with Gasteiger partial charge in [-0.25, -0.2) is 0 Å². The lowest BCUT2D eigenvalue weighted by Crippen LogP contribution is -1.98. The Morgan fingerprint density at radius 2 is 1.95 bits per heavy atom. The van der Waals surface area contributed by atoms with Gasteiger partial charge in [0, 0.05) is 15.5 Å². The molecule has 0 aliphatic heterocycles. The van der Waals surface area contributed by atoms with Crippen LogP contribution in [0.2, 0.25) is 5.02 Å². The minimum absolute atomic E-state index is 0.548. The zero-order valence-electron chi connectivity index (χ0n) is 10.7. The predicted molar refractivity (Wildman–Crippen MR) is 80.1 cm³/mol. The van der Waals surface area contributed by atoms with Crippen LogP contribution in [0.25, 0.3) is 5.69 Å². The van der Waals surface area contributed by atoms with Crippen LogP contribution in [-0.4, -0.2) is 26.5 Å². The Morgan fingerprint density at radius 3 is 2.71 bits per heavy atom. The Morgan fingerprint density at radius 1 is 1.14 bits per heavy atom. The van der Waals surface area contributed by atoms with E-state index in [0.29, 0.717) is 20.6 Å². The minimum Gasteiger partial charge on any atom is -0.298 e. The second-order valence-electron chi connectivity index (χ2n) is 4.11. The van der Waals surface area contributed by atoms with Crippen molar-refractivity contribution in [2.45, 2.75) is 10.1 Å². The van der Waals surface area contributed by atoms with Crippen molar-refractivity contribution >= 4 is 29.6 Å². The number of nitrogens with zero attached hydrogens (tertiary/aromatic N) is 4. The van der Waals surface area contributed by atoms with Gasteiger partial charge in [-0.2, -0.15) is 4.68 Å². The molecule has 1 aromatic heterocycles. The second-order valence-corrected chi connectivity index (χ2v) is 5.56. The van der Waals surface area contributed by atoms with Gasteiger partial charge in [0.15, 0.2) is 6.29 Å². The number of benzene rings is 2. The van der Waals surface area contributed by atoms with E-state index in [1.54, 1.807) is 22.9 Å². The van der Waals surface area contributed by atoms with Crippen LogP contribution in [0.5, 0.6) is 0 Å². The van der Waals surface area contributed by atoms with Crippen molar-refractivity contribution < 1.29 is 4.79 Å². The summed E-state index contributed by atoms with van der Waals surface area (Å²) in [6.45, 7) is 0. The number of carbonyl (C=O) groups is 1. The molecule has 2 aromatic carbocycles. The summed E-state index contributed by atoms with van der Waals surface area (Å²) in [5.41, 5.74) is 1.40. The number of para-hydroxylation sites is 1. The molecule has 0 unspecified atom stereocenters. The zero-order valence-corrected chi connectivity index (χ0v) is 12.3. The van der Waals surface area contributed by atoms with Crippen molar-refractivity contribution in [2.24, 2.45) is 0 Å². The molecular weight excluding hydrogens is 308 g/mol. The molecule has 21 heavy (non-hydrogen) atoms. The molecular formula is C14H9ClN4OS. The average molecular weight is 317 g/mol. The summed E-state index contributed by atoms with van der Waals surface area (Å²) in [6, 6.07) is 14.6. The Bertz CT molecular complexity index is 776. The smallest absolute Gasteiger partial charge is 0.218 e. The molecule has 0 radical (unpaired) electrons. The normalized spacial score (nSPS) is 10.5. The summed E-state index contributed by atoms with van der Waals surface area (Å²) < 4.78 is 1.61. The molecule has 0 atom stereocenters. The monoisotopic (exact) mass is 316 g/mol. The van der Waals surface area contributed by atoms with Gasteiger partial charge < -0.3 is 0 Å². The molecule has 0 N–H and O–H groups in total. The Hall–Kier alpha value is -2.18. The number of hydrogen-bond donors (Lipinski definition) is 0. The number of hydrogen-bond acceptors (Lipinski definition) is 5. The van der Waals surface area contributed by atoms with Crippen molar-refractivity contribution in [1.29, 1.82) is 0 Å². The van der Waals surface area contributed by atoms with Crippen LogP contribution >= 0.6 is 23.4 Å². The Labute approximate surface area is 129 Å². The Balaban J connectivity index is 1.99. The van der Waals surface area contributed by atoms with Gasteiger partial charge in [0.2, 0.25) is 5.16 Å². The molecule has 0 amide bonds. The van der Waals surface area contributed by atoms with Gasteiger partial charge in [-0.15, -0.1) is 5.10 Å². The molecule has 0 saturated heterocycles. The fourth-order valence-electron chi connectivity index (χ4n) is 1.77. The van der Waals surface area contributed by atoms with Crippen LogP contribution in [0.4, 0.5) is 0 Å². The van der Waals surface area contributed by atoms with Crippen molar-refractivity contribution in [1.82, 2.24) is 20.2 Å². The fourth-order valence-corrected chi connectivity index (χ4v) is 2.93. The van der Waals surface area contributed by atoms with E-state index < -0.39 is 0 Å². The zero-order chi connectivity index (χ0) is 14.7. The summed E-state index contributed by atoms with van der Waals surface area (Å²) in [5, 5.41) is 12.8. The van der Waals surface area contributed by atoms with E-state index >= 15 is 0 Å². The molecule has 0 bridgehead atoms. The highest BCUT2D eigenvalue weighted by atomic mass is 35.5. The lowest BCUT2D eigenvalue weighted by atomic mass is 10.2. The molecule has 3 rings (SSSR count). The lowest BCUT2D eigenvalue weighted by Gasteiger charge is -2.06. The standard InChI is InChI=1S/C14H9ClN4OS/c15-11-7-6-10(9-20)13(8-11)21-14-16-17-18-19(14)12-4-2-1-3-5-12/h1-9H. The molecule has 0 saturated carbocycles. The third-order valence-corrected chi connectivity index (χ3v) is 3.99. The maximum absolute atomic E-state index is 11.1. The number of rotatable bonds is 4. The van der Waals surface area contributed by atoms with Crippen LogP contribution in [-0.2, 0) is 0 Å². The van der Waals surface area contributed by atoms with Crippen LogP contribution in [0.15, 0.2) is 58.6 Å². The first-order valence-electron chi connectivity index (χ1n) is 6.04. The van der Waals surface area contributed by atoms with E-state index in [0.717, 1.165) is 12.0 Å². The van der Waals surface area contributed by atoms with Crippen LogP contribution in [0, 0.1) is 0 Å². The van der Waals surface area contributed by atoms with Gasteiger partial charge >= 0.3 is 0 Å². The van der Waals surface area contributed by atoms with Crippen LogP contribution in [0.1, 0.15) is 10.4 Å². The van der Waals surface area contributed by atoms with E-state index in [1.165, 1.54) is 11.8 Å². The maximum Gasteiger partial charge on any atom is 0.218 e. The number of halogens is 1. The van der Waals surface area contributed by atoms with Crippen molar-refractivity contribution in [2.75, 3.05) is 0 Å². The topological polar surface area (TPSA) is 60.7 Å². The summed E-state index contributed by atoms with van der Waals surface area (Å²) in [7, 11) is 0. The molecule has 104 valence electrons. The summed E-state index contributed by atoms with van der Waals surface area (Å²) >= 11 is 7.28. The summed E-state index contributed by atoms with van der Waals surface area (Å²) in [6.07, 6.45) is 0.787. The minimum atomic E-state index is 0.548. The van der Waals surface area contributed by atoms with Crippen molar-refractivity contribution in [3.8, 4) is 5.69 Å². The van der Waals surface area contributed by atoms with Gasteiger partial charge in [0.25, 0.3) is 0 Å². The molecule has 7 heteroatoms. The number of carbonyl (C=O) groups excluding carboxylic acids is 1. The predicted octanol–water partition coefficient (Wildman–Crippen LogP) is 3.28. The molecule has 0 spiro atoms. The summed E-state index contributed by atoms with van der Waals surface area (Å²) in [5.74, 6) is 0. The highest BCUT2D eigenvalue weighted by Crippen LogP contribution is 2.31. The summed E-state index contributed by atoms with van der Waals surface area (Å²) in [4.78, 5) is 11.8. The van der Waals surface area contributed by atoms with Crippen molar-refractivity contribution in [3.05, 3.63) is 59.1 Å². The molecule has 1 heterocycles. The fraction of sp³-hybridized carbons (Fsp3) is 0. The first-order valence-corrected chi connectivity index (χ1v) is 7.24. The second kappa shape index (κ2) is 6.07. The highest BCUT2D eigenvalue weighted by molar-refractivity contribution is 7.99. The molecule has 0 aliphatic carbocycles. The molecule has 0 aliphatic rings. The molecule has 5 nitrogen and oxygen atoms in total. The van der Waals surface area contributed by atoms with E-state index in [9.17, 15) is 4.79 Å². The number of tetrazole rings is 1. The van der Waals surface area contributed by atoms with E-state index in [1.807, 2.05) is 30.3 Å². The molecule has 3 aromatic rings. The van der Waals surface area contributed by atoms with E-state index in [2.05, 4.69) is 15.5 Å². The molecule has 0 fully saturated rings. The first-order chi connectivity index (χ1) is 10.3. The van der Waals surface area contributed by atoms with Crippen molar-refractivity contribution in [3.63, 3.8) is 0 Å². The Kier molecular flexibility index (Phi) is 3.98. The van der Waals surface area contributed by atoms with Gasteiger partial charge in [0.1, 0.15) is 0 Å². The SMILES string of the molecule is O=Cc1ccc(Cl)cc1Sc1nnnn1-c1ccccc1. The third kappa shape index (κ3) is 2.96. The average Bonchev–Trinajstić information content (AvgIpc) is 2.96. The number of aromatic nitrogens is 4. The van der Waals surface area contributed by atoms with Gasteiger partial charge in [0.05, 0.1) is 5.69 Å². The highest BCUT2D eigenvalue weighted by Gasteiger charge is 2.12. The number of aldehydes is 1. The van der Waals surface area contributed by atoms with Gasteiger partial charge in [-0.3, -0.25) is 4.79 Å². The van der Waals surface area contributed by atoms with E-state index in [-0.39, 0.29) is 0 Å². The van der Waals surface area contributed by atoms with Gasteiger partial charge in [-0.1, -0.05) is 29.8 Å². The van der Waals surface area contributed by atoms with Crippen LogP contribution in [0.3, 0.4) is 0 Å². The first kappa shape index (κ1) is 13.8. The van der Waals surface area contributed by atoms with Crippen LogP contribution < -0.4 is 0 Å².